The fourth-order valence-electron chi connectivity index (χ4n) is 2.79. The topological polar surface area (TPSA) is 64.4 Å². The normalized spacial score (nSPS) is 19.4. The van der Waals surface area contributed by atoms with Gasteiger partial charge in [0.2, 0.25) is 5.91 Å². The van der Waals surface area contributed by atoms with Crippen LogP contribution in [0.2, 0.25) is 0 Å². The molecular formula is C16H24N2O2. The zero-order valence-corrected chi connectivity index (χ0v) is 12.3. The van der Waals surface area contributed by atoms with Gasteiger partial charge in [0.15, 0.2) is 0 Å². The monoisotopic (exact) mass is 276 g/mol. The number of aryl methyl sites for hydroxylation is 1. The van der Waals surface area contributed by atoms with Gasteiger partial charge < -0.3 is 15.8 Å². The van der Waals surface area contributed by atoms with Crippen LogP contribution in [0.15, 0.2) is 24.3 Å². The van der Waals surface area contributed by atoms with Crippen molar-refractivity contribution in [1.82, 2.24) is 5.32 Å². The van der Waals surface area contributed by atoms with E-state index in [9.17, 15) is 4.79 Å². The largest absolute Gasteiger partial charge is 0.381 e. The Hall–Kier alpha value is -1.39. The first-order valence-electron chi connectivity index (χ1n) is 7.23. The summed E-state index contributed by atoms with van der Waals surface area (Å²) in [7, 11) is 0. The SMILES string of the molecule is Cc1ccccc1[C@H](C)NC(=O)C1(CN)CCOCC1. The van der Waals surface area contributed by atoms with Gasteiger partial charge in [0, 0.05) is 19.8 Å². The molecule has 0 unspecified atom stereocenters. The van der Waals surface area contributed by atoms with E-state index in [1.165, 1.54) is 5.56 Å². The minimum atomic E-state index is -0.463. The lowest BCUT2D eigenvalue weighted by Crippen LogP contribution is -2.49. The average Bonchev–Trinajstić information content (AvgIpc) is 2.48. The molecule has 1 heterocycles. The number of hydrogen-bond acceptors (Lipinski definition) is 3. The Balaban J connectivity index is 2.08. The number of nitrogens with two attached hydrogens (primary N) is 1. The molecule has 20 heavy (non-hydrogen) atoms. The molecule has 4 nitrogen and oxygen atoms in total. The second-order valence-electron chi connectivity index (χ2n) is 5.65. The molecule has 1 aromatic rings. The van der Waals surface area contributed by atoms with E-state index in [1.807, 2.05) is 19.1 Å². The van der Waals surface area contributed by atoms with Crippen molar-refractivity contribution in [2.75, 3.05) is 19.8 Å². The van der Waals surface area contributed by atoms with E-state index in [1.54, 1.807) is 0 Å². The van der Waals surface area contributed by atoms with Crippen molar-refractivity contribution < 1.29 is 9.53 Å². The molecule has 1 fully saturated rings. The van der Waals surface area contributed by atoms with Crippen LogP contribution in [0.3, 0.4) is 0 Å². The first kappa shape index (κ1) is 15.0. The van der Waals surface area contributed by atoms with Gasteiger partial charge in [0.05, 0.1) is 11.5 Å². The molecule has 0 bridgehead atoms. The van der Waals surface area contributed by atoms with Crippen molar-refractivity contribution in [3.63, 3.8) is 0 Å². The van der Waals surface area contributed by atoms with Gasteiger partial charge in [-0.2, -0.15) is 0 Å². The number of amides is 1. The van der Waals surface area contributed by atoms with Gasteiger partial charge >= 0.3 is 0 Å². The quantitative estimate of drug-likeness (QED) is 0.883. The molecule has 2 rings (SSSR count). The second-order valence-corrected chi connectivity index (χ2v) is 5.65. The highest BCUT2D eigenvalue weighted by atomic mass is 16.5. The van der Waals surface area contributed by atoms with Crippen molar-refractivity contribution in [2.24, 2.45) is 11.1 Å². The maximum absolute atomic E-state index is 12.6. The molecule has 1 saturated heterocycles. The summed E-state index contributed by atoms with van der Waals surface area (Å²) < 4.78 is 5.35. The van der Waals surface area contributed by atoms with Gasteiger partial charge in [-0.1, -0.05) is 24.3 Å². The molecule has 0 spiro atoms. The fourth-order valence-corrected chi connectivity index (χ4v) is 2.79. The maximum Gasteiger partial charge on any atom is 0.228 e. The summed E-state index contributed by atoms with van der Waals surface area (Å²) in [5.41, 5.74) is 7.75. The van der Waals surface area contributed by atoms with Crippen molar-refractivity contribution in [2.45, 2.75) is 32.7 Å². The van der Waals surface area contributed by atoms with Crippen LogP contribution in [-0.4, -0.2) is 25.7 Å². The Morgan fingerprint density at radius 1 is 1.40 bits per heavy atom. The predicted octanol–water partition coefficient (Wildman–Crippen LogP) is 1.93. The molecule has 1 amide bonds. The molecule has 3 N–H and O–H groups in total. The van der Waals surface area contributed by atoms with E-state index in [0.29, 0.717) is 32.6 Å². The molecule has 0 aromatic heterocycles. The number of carbonyl (C=O) groups excluding carboxylic acids is 1. The van der Waals surface area contributed by atoms with Gasteiger partial charge in [-0.3, -0.25) is 4.79 Å². The third-order valence-electron chi connectivity index (χ3n) is 4.32. The highest BCUT2D eigenvalue weighted by molar-refractivity contribution is 5.83. The van der Waals surface area contributed by atoms with E-state index in [0.717, 1.165) is 5.56 Å². The summed E-state index contributed by atoms with van der Waals surface area (Å²) >= 11 is 0. The summed E-state index contributed by atoms with van der Waals surface area (Å²) in [4.78, 5) is 12.6. The number of carbonyl (C=O) groups is 1. The third-order valence-corrected chi connectivity index (χ3v) is 4.32. The van der Waals surface area contributed by atoms with Crippen LogP contribution in [0.1, 0.15) is 36.9 Å². The zero-order chi connectivity index (χ0) is 14.6. The summed E-state index contributed by atoms with van der Waals surface area (Å²) in [5.74, 6) is 0.0547. The van der Waals surface area contributed by atoms with Gasteiger partial charge in [0.1, 0.15) is 0 Å². The van der Waals surface area contributed by atoms with Crippen LogP contribution in [-0.2, 0) is 9.53 Å². The van der Waals surface area contributed by atoms with Crippen molar-refractivity contribution in [3.05, 3.63) is 35.4 Å². The van der Waals surface area contributed by atoms with E-state index in [2.05, 4.69) is 24.4 Å². The van der Waals surface area contributed by atoms with Crippen LogP contribution in [0.25, 0.3) is 0 Å². The molecule has 0 aliphatic carbocycles. The van der Waals surface area contributed by atoms with E-state index >= 15 is 0 Å². The Morgan fingerprint density at radius 3 is 2.65 bits per heavy atom. The summed E-state index contributed by atoms with van der Waals surface area (Å²) in [6, 6.07) is 8.12. The lowest BCUT2D eigenvalue weighted by atomic mass is 9.79. The number of benzene rings is 1. The predicted molar refractivity (Wildman–Crippen MR) is 79.3 cm³/mol. The third kappa shape index (κ3) is 3.02. The van der Waals surface area contributed by atoms with Crippen LogP contribution >= 0.6 is 0 Å². The molecule has 1 aliphatic heterocycles. The molecule has 1 aromatic carbocycles. The van der Waals surface area contributed by atoms with Crippen LogP contribution in [0.5, 0.6) is 0 Å². The lowest BCUT2D eigenvalue weighted by Gasteiger charge is -2.35. The Labute approximate surface area is 120 Å². The van der Waals surface area contributed by atoms with E-state index < -0.39 is 5.41 Å². The molecule has 0 saturated carbocycles. The van der Waals surface area contributed by atoms with E-state index in [-0.39, 0.29) is 11.9 Å². The summed E-state index contributed by atoms with van der Waals surface area (Å²) in [5, 5.41) is 3.12. The molecule has 110 valence electrons. The van der Waals surface area contributed by atoms with Crippen molar-refractivity contribution >= 4 is 5.91 Å². The van der Waals surface area contributed by atoms with Crippen molar-refractivity contribution in [1.29, 1.82) is 0 Å². The highest BCUT2D eigenvalue weighted by Crippen LogP contribution is 2.30. The molecule has 0 radical (unpaired) electrons. The van der Waals surface area contributed by atoms with Gasteiger partial charge in [-0.05, 0) is 37.8 Å². The standard InChI is InChI=1S/C16H24N2O2/c1-12-5-3-4-6-14(12)13(2)18-15(19)16(11-17)7-9-20-10-8-16/h3-6,13H,7-11,17H2,1-2H3,(H,18,19)/t13-/m0/s1. The number of ether oxygens (including phenoxy) is 1. The van der Waals surface area contributed by atoms with Gasteiger partial charge in [-0.25, -0.2) is 0 Å². The Morgan fingerprint density at radius 2 is 2.05 bits per heavy atom. The smallest absolute Gasteiger partial charge is 0.228 e. The molecule has 1 atom stereocenters. The number of hydrogen-bond donors (Lipinski definition) is 2. The fraction of sp³-hybridized carbons (Fsp3) is 0.562. The van der Waals surface area contributed by atoms with Crippen LogP contribution in [0, 0.1) is 12.3 Å². The van der Waals surface area contributed by atoms with Gasteiger partial charge in [-0.15, -0.1) is 0 Å². The minimum absolute atomic E-state index is 0.00466. The minimum Gasteiger partial charge on any atom is -0.381 e. The Kier molecular flexibility index (Phi) is 4.78. The van der Waals surface area contributed by atoms with Gasteiger partial charge in [0.25, 0.3) is 0 Å². The first-order valence-corrected chi connectivity index (χ1v) is 7.23. The lowest BCUT2D eigenvalue weighted by molar-refractivity contribution is -0.136. The number of rotatable bonds is 4. The summed E-state index contributed by atoms with van der Waals surface area (Å²) in [6.45, 7) is 5.68. The maximum atomic E-state index is 12.6. The zero-order valence-electron chi connectivity index (χ0n) is 12.3. The van der Waals surface area contributed by atoms with Crippen LogP contribution < -0.4 is 11.1 Å². The molecule has 1 aliphatic rings. The Bertz CT molecular complexity index is 467. The second kappa shape index (κ2) is 6.37. The van der Waals surface area contributed by atoms with Crippen LogP contribution in [0.4, 0.5) is 0 Å². The average molecular weight is 276 g/mol. The summed E-state index contributed by atoms with van der Waals surface area (Å²) in [6.07, 6.45) is 1.41. The molecule has 4 heteroatoms. The highest BCUT2D eigenvalue weighted by Gasteiger charge is 2.39. The van der Waals surface area contributed by atoms with E-state index in [4.69, 9.17) is 10.5 Å². The number of nitrogens with one attached hydrogen (secondary N) is 1. The first-order chi connectivity index (χ1) is 9.59. The van der Waals surface area contributed by atoms with Crippen molar-refractivity contribution in [3.8, 4) is 0 Å². The molecular weight excluding hydrogens is 252 g/mol.